The number of benzene rings is 2. The minimum absolute atomic E-state index is 0.0149. The van der Waals surface area contributed by atoms with E-state index in [1.54, 1.807) is 11.8 Å². The van der Waals surface area contributed by atoms with Crippen LogP contribution in [0.2, 0.25) is 5.02 Å². The normalized spacial score (nSPS) is 15.3. The van der Waals surface area contributed by atoms with Gasteiger partial charge in [-0.3, -0.25) is 9.59 Å². The Labute approximate surface area is 188 Å². The molecular formula is C22H20ClN3O2S2. The smallest absolute Gasteiger partial charge is 0.251 e. The highest BCUT2D eigenvalue weighted by Gasteiger charge is 2.30. The molecule has 1 atom stereocenters. The lowest BCUT2D eigenvalue weighted by atomic mass is 10.1. The van der Waals surface area contributed by atoms with Crippen LogP contribution in [0.4, 0.5) is 5.69 Å². The monoisotopic (exact) mass is 457 g/mol. The molecule has 0 bridgehead atoms. The molecule has 0 aliphatic carbocycles. The zero-order chi connectivity index (χ0) is 21.1. The molecule has 0 spiro atoms. The summed E-state index contributed by atoms with van der Waals surface area (Å²) in [5, 5.41) is 1.15. The highest BCUT2D eigenvalue weighted by atomic mass is 35.5. The predicted octanol–water partition coefficient (Wildman–Crippen LogP) is 4.79. The Bertz CT molecular complexity index is 1120. The molecule has 1 aliphatic rings. The van der Waals surface area contributed by atoms with Crippen LogP contribution in [0.1, 0.15) is 18.2 Å². The van der Waals surface area contributed by atoms with Gasteiger partial charge in [0.2, 0.25) is 5.91 Å². The first-order valence-corrected chi connectivity index (χ1v) is 11.9. The Morgan fingerprint density at radius 3 is 2.77 bits per heavy atom. The fraction of sp³-hybridized carbons (Fsp3) is 0.227. The van der Waals surface area contributed by atoms with Gasteiger partial charge in [0.15, 0.2) is 5.16 Å². The van der Waals surface area contributed by atoms with E-state index in [0.717, 1.165) is 17.0 Å². The maximum absolute atomic E-state index is 12.9. The molecule has 8 heteroatoms. The van der Waals surface area contributed by atoms with Gasteiger partial charge < -0.3 is 9.88 Å². The van der Waals surface area contributed by atoms with Crippen molar-refractivity contribution >= 4 is 46.7 Å². The minimum Gasteiger partial charge on any atom is -0.308 e. The number of fused-ring (bicyclic) bond motifs is 1. The summed E-state index contributed by atoms with van der Waals surface area (Å²) >= 11 is 8.75. The van der Waals surface area contributed by atoms with Crippen molar-refractivity contribution in [1.82, 2.24) is 9.97 Å². The first kappa shape index (κ1) is 21.0. The van der Waals surface area contributed by atoms with Crippen LogP contribution >= 0.6 is 35.1 Å². The van der Waals surface area contributed by atoms with Gasteiger partial charge in [-0.2, -0.15) is 0 Å². The number of rotatable bonds is 6. The van der Waals surface area contributed by atoms with Gasteiger partial charge in [-0.25, -0.2) is 4.98 Å². The average Bonchev–Trinajstić information content (AvgIpc) is 3.07. The molecule has 0 saturated heterocycles. The van der Waals surface area contributed by atoms with E-state index >= 15 is 0 Å². The summed E-state index contributed by atoms with van der Waals surface area (Å²) in [5.74, 6) is 0.792. The second-order valence-electron chi connectivity index (χ2n) is 7.02. The van der Waals surface area contributed by atoms with Crippen molar-refractivity contribution in [3.05, 3.63) is 81.2 Å². The van der Waals surface area contributed by atoms with E-state index in [-0.39, 0.29) is 23.3 Å². The number of nitrogens with one attached hydrogen (secondary N) is 1. The van der Waals surface area contributed by atoms with E-state index in [1.807, 2.05) is 47.4 Å². The molecule has 1 aliphatic heterocycles. The molecule has 1 unspecified atom stereocenters. The van der Waals surface area contributed by atoms with Crippen LogP contribution < -0.4 is 10.5 Å². The van der Waals surface area contributed by atoms with Gasteiger partial charge in [-0.15, -0.1) is 11.8 Å². The maximum Gasteiger partial charge on any atom is 0.251 e. The molecule has 5 nitrogen and oxygen atoms in total. The summed E-state index contributed by atoms with van der Waals surface area (Å²) in [4.78, 5) is 35.1. The quantitative estimate of drug-likeness (QED) is 0.426. The van der Waals surface area contributed by atoms with Gasteiger partial charge in [0, 0.05) is 33.5 Å². The fourth-order valence-corrected chi connectivity index (χ4v) is 5.13. The Morgan fingerprint density at radius 1 is 1.20 bits per heavy atom. The van der Waals surface area contributed by atoms with Crippen LogP contribution in [0.25, 0.3) is 0 Å². The molecule has 154 valence electrons. The molecule has 0 saturated carbocycles. The van der Waals surface area contributed by atoms with E-state index < -0.39 is 0 Å². The van der Waals surface area contributed by atoms with Crippen molar-refractivity contribution in [2.75, 3.05) is 10.7 Å². The summed E-state index contributed by atoms with van der Waals surface area (Å²) in [5.41, 5.74) is 2.63. The van der Waals surface area contributed by atoms with E-state index in [4.69, 9.17) is 11.6 Å². The molecule has 2 aromatic carbocycles. The number of nitrogens with zero attached hydrogens (tertiary/aromatic N) is 2. The van der Waals surface area contributed by atoms with E-state index in [9.17, 15) is 9.59 Å². The standard InChI is InChI=1S/C22H20ClN3O2S2/c1-14-10-15-4-2-3-5-19(15)26(14)21(28)13-30-22-24-17(11-20(27)25-22)12-29-18-8-6-16(23)7-9-18/h2-9,11,14H,10,12-13H2,1H3,(H,24,25,27). The average molecular weight is 458 g/mol. The Hall–Kier alpha value is -2.22. The van der Waals surface area contributed by atoms with Crippen LogP contribution in [-0.4, -0.2) is 27.7 Å². The van der Waals surface area contributed by atoms with Crippen molar-refractivity contribution in [3.63, 3.8) is 0 Å². The number of hydrogen-bond donors (Lipinski definition) is 1. The number of aromatic amines is 1. The number of aromatic nitrogens is 2. The van der Waals surface area contributed by atoms with Crippen LogP contribution in [0.3, 0.4) is 0 Å². The number of thioether (sulfide) groups is 2. The van der Waals surface area contributed by atoms with Gasteiger partial charge in [0.25, 0.3) is 5.56 Å². The summed E-state index contributed by atoms with van der Waals surface area (Å²) in [6, 6.07) is 17.1. The number of carbonyl (C=O) groups excluding carboxylic acids is 1. The lowest BCUT2D eigenvalue weighted by Gasteiger charge is -2.22. The van der Waals surface area contributed by atoms with Gasteiger partial charge in [-0.1, -0.05) is 41.6 Å². The first-order chi connectivity index (χ1) is 14.5. The number of halogens is 1. The molecule has 0 fully saturated rings. The van der Waals surface area contributed by atoms with Crippen molar-refractivity contribution in [2.45, 2.75) is 35.2 Å². The Kier molecular flexibility index (Phi) is 6.51. The van der Waals surface area contributed by atoms with Crippen molar-refractivity contribution < 1.29 is 4.79 Å². The largest absolute Gasteiger partial charge is 0.308 e. The van der Waals surface area contributed by atoms with Crippen molar-refractivity contribution in [2.24, 2.45) is 0 Å². The molecule has 1 N–H and O–H groups in total. The molecule has 1 amide bonds. The van der Waals surface area contributed by atoms with Crippen LogP contribution in [0, 0.1) is 0 Å². The fourth-order valence-electron chi connectivity index (χ4n) is 3.46. The summed E-state index contributed by atoms with van der Waals surface area (Å²) in [6.45, 7) is 2.05. The third-order valence-corrected chi connectivity index (χ3v) is 6.94. The SMILES string of the molecule is CC1Cc2ccccc2N1C(=O)CSc1nc(CSc2ccc(Cl)cc2)cc(=O)[nH]1. The van der Waals surface area contributed by atoms with Crippen molar-refractivity contribution in [1.29, 1.82) is 0 Å². The third kappa shape index (κ3) is 4.91. The third-order valence-electron chi connectivity index (χ3n) is 4.78. The molecule has 2 heterocycles. The second-order valence-corrected chi connectivity index (χ2v) is 9.47. The second kappa shape index (κ2) is 9.29. The highest BCUT2D eigenvalue weighted by Crippen LogP contribution is 2.32. The molecule has 30 heavy (non-hydrogen) atoms. The minimum atomic E-state index is -0.216. The van der Waals surface area contributed by atoms with Gasteiger partial charge in [0.05, 0.1) is 11.4 Å². The van der Waals surface area contributed by atoms with Crippen molar-refractivity contribution in [3.8, 4) is 0 Å². The highest BCUT2D eigenvalue weighted by molar-refractivity contribution is 7.99. The van der Waals surface area contributed by atoms with Crippen LogP contribution in [0.15, 0.2) is 69.4 Å². The molecule has 1 aromatic heterocycles. The number of hydrogen-bond acceptors (Lipinski definition) is 5. The Balaban J connectivity index is 1.40. The van der Waals surface area contributed by atoms with Gasteiger partial charge in [-0.05, 0) is 49.2 Å². The summed E-state index contributed by atoms with van der Waals surface area (Å²) < 4.78 is 0. The topological polar surface area (TPSA) is 66.1 Å². The van der Waals surface area contributed by atoms with E-state index in [1.165, 1.54) is 23.4 Å². The number of anilines is 1. The predicted molar refractivity (Wildman–Crippen MR) is 124 cm³/mol. The maximum atomic E-state index is 12.9. The molecule has 3 aromatic rings. The zero-order valence-electron chi connectivity index (χ0n) is 16.3. The zero-order valence-corrected chi connectivity index (χ0v) is 18.7. The van der Waals surface area contributed by atoms with Gasteiger partial charge in [0.1, 0.15) is 0 Å². The number of amides is 1. The van der Waals surface area contributed by atoms with Crippen LogP contribution in [0.5, 0.6) is 0 Å². The van der Waals surface area contributed by atoms with E-state index in [0.29, 0.717) is 21.6 Å². The molecule has 4 rings (SSSR count). The number of carbonyl (C=O) groups is 1. The number of para-hydroxylation sites is 1. The van der Waals surface area contributed by atoms with Gasteiger partial charge >= 0.3 is 0 Å². The molecular weight excluding hydrogens is 438 g/mol. The lowest BCUT2D eigenvalue weighted by molar-refractivity contribution is -0.116. The Morgan fingerprint density at radius 2 is 1.97 bits per heavy atom. The summed E-state index contributed by atoms with van der Waals surface area (Å²) in [6.07, 6.45) is 0.860. The first-order valence-electron chi connectivity index (χ1n) is 9.51. The summed E-state index contributed by atoms with van der Waals surface area (Å²) in [7, 11) is 0. The number of H-pyrrole nitrogens is 1. The van der Waals surface area contributed by atoms with E-state index in [2.05, 4.69) is 23.0 Å². The van der Waals surface area contributed by atoms with Crippen LogP contribution in [-0.2, 0) is 17.0 Å². The lowest BCUT2D eigenvalue weighted by Crippen LogP contribution is -2.37. The molecule has 0 radical (unpaired) electrons.